The van der Waals surface area contributed by atoms with Crippen LogP contribution in [0.5, 0.6) is 0 Å². The summed E-state index contributed by atoms with van der Waals surface area (Å²) in [6.45, 7) is 0.400. The fourth-order valence-electron chi connectivity index (χ4n) is 2.06. The third-order valence-corrected chi connectivity index (χ3v) is 5.09. The van der Waals surface area contributed by atoms with E-state index in [0.29, 0.717) is 22.5 Å². The molecule has 128 valence electrons. The summed E-state index contributed by atoms with van der Waals surface area (Å²) in [6.07, 6.45) is 0. The molecule has 2 aromatic carbocycles. The molecule has 0 aliphatic carbocycles. The van der Waals surface area contributed by atoms with Crippen LogP contribution in [0.15, 0.2) is 58.2 Å². The highest BCUT2D eigenvalue weighted by Crippen LogP contribution is 2.21. The van der Waals surface area contributed by atoms with Crippen molar-refractivity contribution in [2.45, 2.75) is 11.7 Å². The minimum Gasteiger partial charge on any atom is -0.351 e. The molecule has 1 aromatic heterocycles. The van der Waals surface area contributed by atoms with Crippen molar-refractivity contribution >= 4 is 45.2 Å². The lowest BCUT2D eigenvalue weighted by molar-refractivity contribution is -0.118. The fourth-order valence-corrected chi connectivity index (χ4v) is 3.16. The number of amides is 1. The predicted octanol–water partition coefficient (Wildman–Crippen LogP) is 4.30. The average Bonchev–Trinajstić information content (AvgIpc) is 3.09. The van der Waals surface area contributed by atoms with Gasteiger partial charge in [0.25, 0.3) is 0 Å². The fraction of sp³-hybridized carbons (Fsp3) is 0.118. The Balaban J connectivity index is 1.51. The second-order valence-corrected chi connectivity index (χ2v) is 7.40. The molecule has 0 bridgehead atoms. The molecule has 0 saturated heterocycles. The van der Waals surface area contributed by atoms with E-state index in [0.717, 1.165) is 15.6 Å². The van der Waals surface area contributed by atoms with Gasteiger partial charge in [-0.1, -0.05) is 69.6 Å². The van der Waals surface area contributed by atoms with Crippen molar-refractivity contribution in [1.82, 2.24) is 20.5 Å². The van der Waals surface area contributed by atoms with E-state index in [1.807, 2.05) is 42.5 Å². The number of thioether (sulfide) groups is 1. The van der Waals surface area contributed by atoms with Crippen LogP contribution in [0.2, 0.25) is 5.02 Å². The molecule has 1 amide bonds. The standard InChI is InChI=1S/C17H14BrClN4OS/c18-13-7-5-11(6-8-13)16-21-17(23-22-16)25-10-15(24)20-9-12-3-1-2-4-14(12)19/h1-8H,9-10H2,(H,20,24)(H,21,22,23). The number of nitrogens with zero attached hydrogens (tertiary/aromatic N) is 2. The van der Waals surface area contributed by atoms with Gasteiger partial charge in [0.15, 0.2) is 5.82 Å². The number of nitrogens with one attached hydrogen (secondary N) is 2. The molecule has 0 atom stereocenters. The zero-order chi connectivity index (χ0) is 17.6. The van der Waals surface area contributed by atoms with Crippen LogP contribution in [0, 0.1) is 0 Å². The van der Waals surface area contributed by atoms with Crippen molar-refractivity contribution in [3.8, 4) is 11.4 Å². The summed E-state index contributed by atoms with van der Waals surface area (Å²) >= 11 is 10.7. The molecule has 3 aromatic rings. The Hall–Kier alpha value is -1.83. The lowest BCUT2D eigenvalue weighted by atomic mass is 10.2. The largest absolute Gasteiger partial charge is 0.351 e. The molecule has 0 unspecified atom stereocenters. The van der Waals surface area contributed by atoms with Crippen LogP contribution in [0.4, 0.5) is 0 Å². The molecule has 0 fully saturated rings. The van der Waals surface area contributed by atoms with Crippen LogP contribution in [0.3, 0.4) is 0 Å². The van der Waals surface area contributed by atoms with Gasteiger partial charge in [0.05, 0.1) is 5.75 Å². The van der Waals surface area contributed by atoms with Crippen LogP contribution >= 0.6 is 39.3 Å². The Morgan fingerprint density at radius 1 is 1.20 bits per heavy atom. The number of rotatable bonds is 6. The average molecular weight is 438 g/mol. The normalized spacial score (nSPS) is 10.6. The van der Waals surface area contributed by atoms with Crippen molar-refractivity contribution in [2.24, 2.45) is 0 Å². The number of H-pyrrole nitrogens is 1. The number of hydrogen-bond acceptors (Lipinski definition) is 4. The maximum atomic E-state index is 12.0. The first kappa shape index (κ1) is 18.0. The lowest BCUT2D eigenvalue weighted by Crippen LogP contribution is -2.24. The quantitative estimate of drug-likeness (QED) is 0.564. The van der Waals surface area contributed by atoms with Crippen LogP contribution in [0.25, 0.3) is 11.4 Å². The number of carbonyl (C=O) groups excluding carboxylic acids is 1. The third-order valence-electron chi connectivity index (χ3n) is 3.35. The second kappa shape index (κ2) is 8.51. The summed E-state index contributed by atoms with van der Waals surface area (Å²) in [7, 11) is 0. The second-order valence-electron chi connectivity index (χ2n) is 5.13. The van der Waals surface area contributed by atoms with E-state index >= 15 is 0 Å². The molecule has 0 saturated carbocycles. The number of carbonyl (C=O) groups is 1. The van der Waals surface area contributed by atoms with Crippen LogP contribution in [-0.2, 0) is 11.3 Å². The summed E-state index contributed by atoms with van der Waals surface area (Å²) in [4.78, 5) is 16.4. The Kier molecular flexibility index (Phi) is 6.12. The molecule has 2 N–H and O–H groups in total. The molecule has 0 aliphatic rings. The smallest absolute Gasteiger partial charge is 0.230 e. The first-order valence-electron chi connectivity index (χ1n) is 7.43. The van der Waals surface area contributed by atoms with Crippen molar-refractivity contribution < 1.29 is 4.79 Å². The highest BCUT2D eigenvalue weighted by molar-refractivity contribution is 9.10. The van der Waals surface area contributed by atoms with Gasteiger partial charge in [-0.05, 0) is 23.8 Å². The minimum absolute atomic E-state index is 0.0973. The Morgan fingerprint density at radius 2 is 1.96 bits per heavy atom. The number of aromatic nitrogens is 3. The number of aromatic amines is 1. The molecule has 25 heavy (non-hydrogen) atoms. The highest BCUT2D eigenvalue weighted by Gasteiger charge is 2.09. The van der Waals surface area contributed by atoms with Gasteiger partial charge in [0.2, 0.25) is 11.1 Å². The molecular weight excluding hydrogens is 424 g/mol. The maximum Gasteiger partial charge on any atom is 0.230 e. The van der Waals surface area contributed by atoms with Crippen molar-refractivity contribution in [3.05, 3.63) is 63.6 Å². The summed E-state index contributed by atoms with van der Waals surface area (Å²) in [6, 6.07) is 15.2. The number of halogens is 2. The summed E-state index contributed by atoms with van der Waals surface area (Å²) < 4.78 is 1.00. The Bertz CT molecular complexity index is 869. The first-order valence-corrected chi connectivity index (χ1v) is 9.59. The molecule has 1 heterocycles. The van der Waals surface area contributed by atoms with E-state index in [-0.39, 0.29) is 11.7 Å². The Morgan fingerprint density at radius 3 is 2.72 bits per heavy atom. The van der Waals surface area contributed by atoms with Gasteiger partial charge in [0, 0.05) is 21.6 Å². The molecule has 0 aliphatic heterocycles. The summed E-state index contributed by atoms with van der Waals surface area (Å²) in [5.41, 5.74) is 1.82. The predicted molar refractivity (Wildman–Crippen MR) is 104 cm³/mol. The van der Waals surface area contributed by atoms with Gasteiger partial charge < -0.3 is 5.32 Å². The van der Waals surface area contributed by atoms with Gasteiger partial charge in [-0.2, -0.15) is 0 Å². The minimum atomic E-state index is -0.0973. The van der Waals surface area contributed by atoms with Crippen LogP contribution in [0.1, 0.15) is 5.56 Å². The zero-order valence-corrected chi connectivity index (χ0v) is 16.2. The van der Waals surface area contributed by atoms with E-state index in [2.05, 4.69) is 36.4 Å². The Labute approximate surface area is 162 Å². The van der Waals surface area contributed by atoms with E-state index in [9.17, 15) is 4.79 Å². The molecule has 3 rings (SSSR count). The topological polar surface area (TPSA) is 70.7 Å². The van der Waals surface area contributed by atoms with E-state index < -0.39 is 0 Å². The van der Waals surface area contributed by atoms with E-state index in [4.69, 9.17) is 11.6 Å². The SMILES string of the molecule is O=C(CSc1n[nH]c(-c2ccc(Br)cc2)n1)NCc1ccccc1Cl. The maximum absolute atomic E-state index is 12.0. The summed E-state index contributed by atoms with van der Waals surface area (Å²) in [5.74, 6) is 0.814. The third kappa shape index (κ3) is 5.07. The van der Waals surface area contributed by atoms with Crippen molar-refractivity contribution in [3.63, 3.8) is 0 Å². The highest BCUT2D eigenvalue weighted by atomic mass is 79.9. The molecule has 0 spiro atoms. The summed E-state index contributed by atoms with van der Waals surface area (Å²) in [5, 5.41) is 11.0. The van der Waals surface area contributed by atoms with Crippen LogP contribution < -0.4 is 5.32 Å². The molecule has 0 radical (unpaired) electrons. The van der Waals surface area contributed by atoms with Crippen molar-refractivity contribution in [1.29, 1.82) is 0 Å². The van der Waals surface area contributed by atoms with Gasteiger partial charge in [-0.3, -0.25) is 9.89 Å². The first-order chi connectivity index (χ1) is 12.1. The molecule has 5 nitrogen and oxygen atoms in total. The van der Waals surface area contributed by atoms with Crippen molar-refractivity contribution in [2.75, 3.05) is 5.75 Å². The van der Waals surface area contributed by atoms with E-state index in [1.54, 1.807) is 6.07 Å². The van der Waals surface area contributed by atoms with Gasteiger partial charge in [-0.25, -0.2) is 4.98 Å². The van der Waals surface area contributed by atoms with Gasteiger partial charge in [-0.15, -0.1) is 5.10 Å². The lowest BCUT2D eigenvalue weighted by Gasteiger charge is -2.05. The number of benzene rings is 2. The number of hydrogen-bond donors (Lipinski definition) is 2. The molecule has 8 heteroatoms. The zero-order valence-electron chi connectivity index (χ0n) is 13.0. The van der Waals surface area contributed by atoms with E-state index in [1.165, 1.54) is 11.8 Å². The van der Waals surface area contributed by atoms with Gasteiger partial charge in [0.1, 0.15) is 0 Å². The monoisotopic (exact) mass is 436 g/mol. The molecular formula is C17H14BrClN4OS. The van der Waals surface area contributed by atoms with Gasteiger partial charge >= 0.3 is 0 Å². The van der Waals surface area contributed by atoms with Crippen LogP contribution in [-0.4, -0.2) is 26.8 Å².